The lowest BCUT2D eigenvalue weighted by atomic mass is 9.84. The van der Waals surface area contributed by atoms with Gasteiger partial charge < -0.3 is 10.2 Å². The van der Waals surface area contributed by atoms with Crippen molar-refractivity contribution < 1.29 is 0 Å². The summed E-state index contributed by atoms with van der Waals surface area (Å²) in [4.78, 5) is 2.74. The fourth-order valence-corrected chi connectivity index (χ4v) is 3.31. The van der Waals surface area contributed by atoms with E-state index in [9.17, 15) is 0 Å². The van der Waals surface area contributed by atoms with E-state index in [1.807, 2.05) is 0 Å². The summed E-state index contributed by atoms with van der Waals surface area (Å²) in [5.74, 6) is 0. The Bertz CT molecular complexity index is 197. The third kappa shape index (κ3) is 4.97. The van der Waals surface area contributed by atoms with Crippen molar-refractivity contribution in [3.05, 3.63) is 0 Å². The lowest BCUT2D eigenvalue weighted by Crippen LogP contribution is -2.45. The zero-order valence-electron chi connectivity index (χ0n) is 12.4. The van der Waals surface area contributed by atoms with Crippen molar-refractivity contribution in [2.24, 2.45) is 5.41 Å². The molecule has 1 aliphatic rings. The van der Waals surface area contributed by atoms with Crippen molar-refractivity contribution in [3.63, 3.8) is 0 Å². The first-order chi connectivity index (χ1) is 8.11. The fraction of sp³-hybridized carbons (Fsp3) is 1.00. The molecule has 2 unspecified atom stereocenters. The van der Waals surface area contributed by atoms with Crippen LogP contribution in [0.3, 0.4) is 0 Å². The largest absolute Gasteiger partial charge is 0.319 e. The van der Waals surface area contributed by atoms with Crippen molar-refractivity contribution in [3.8, 4) is 0 Å². The summed E-state index contributed by atoms with van der Waals surface area (Å²) in [5, 5.41) is 3.39. The van der Waals surface area contributed by atoms with Crippen LogP contribution in [0.25, 0.3) is 0 Å². The predicted octanol–water partition coefficient (Wildman–Crippen LogP) is 3.28. The van der Waals surface area contributed by atoms with Gasteiger partial charge >= 0.3 is 0 Å². The summed E-state index contributed by atoms with van der Waals surface area (Å²) in [6, 6.07) is 0.783. The molecule has 1 saturated heterocycles. The van der Waals surface area contributed by atoms with Crippen LogP contribution in [0.2, 0.25) is 0 Å². The molecular formula is C15H32N2. The van der Waals surface area contributed by atoms with Crippen molar-refractivity contribution in [2.75, 3.05) is 26.7 Å². The first-order valence-corrected chi connectivity index (χ1v) is 7.50. The van der Waals surface area contributed by atoms with Gasteiger partial charge in [0.25, 0.3) is 0 Å². The molecule has 1 aliphatic heterocycles. The Labute approximate surface area is 108 Å². The van der Waals surface area contributed by atoms with E-state index in [1.54, 1.807) is 0 Å². The Morgan fingerprint density at radius 2 is 2.06 bits per heavy atom. The number of hydrogen-bond acceptors (Lipinski definition) is 2. The van der Waals surface area contributed by atoms with Gasteiger partial charge in [0.05, 0.1) is 0 Å². The minimum atomic E-state index is 0.447. The molecule has 0 aromatic rings. The Morgan fingerprint density at radius 1 is 1.29 bits per heavy atom. The zero-order chi connectivity index (χ0) is 12.7. The van der Waals surface area contributed by atoms with Crippen LogP contribution in [0.1, 0.15) is 59.3 Å². The van der Waals surface area contributed by atoms with Gasteiger partial charge in [-0.05, 0) is 45.2 Å². The lowest BCUT2D eigenvalue weighted by molar-refractivity contribution is 0.120. The second-order valence-corrected chi connectivity index (χ2v) is 6.26. The molecule has 1 N–H and O–H groups in total. The maximum absolute atomic E-state index is 3.39. The number of rotatable bonds is 6. The van der Waals surface area contributed by atoms with Crippen molar-refractivity contribution in [1.82, 2.24) is 10.2 Å². The standard InChI is InChI=1S/C15H32N2/c1-5-10-15(3,12-16-4)13-17-11-8-6-7-9-14(17)2/h14,16H,5-13H2,1-4H3. The molecule has 102 valence electrons. The van der Waals surface area contributed by atoms with Gasteiger partial charge in [0, 0.05) is 19.1 Å². The maximum Gasteiger partial charge on any atom is 0.00671 e. The van der Waals surface area contributed by atoms with Gasteiger partial charge in [0.15, 0.2) is 0 Å². The predicted molar refractivity (Wildman–Crippen MR) is 76.4 cm³/mol. The topological polar surface area (TPSA) is 15.3 Å². The van der Waals surface area contributed by atoms with E-state index in [4.69, 9.17) is 0 Å². The van der Waals surface area contributed by atoms with Crippen molar-refractivity contribution >= 4 is 0 Å². The number of nitrogens with one attached hydrogen (secondary N) is 1. The molecule has 0 aromatic heterocycles. The number of hydrogen-bond donors (Lipinski definition) is 1. The van der Waals surface area contributed by atoms with Crippen LogP contribution in [-0.4, -0.2) is 37.6 Å². The van der Waals surface area contributed by atoms with Gasteiger partial charge in [-0.25, -0.2) is 0 Å². The van der Waals surface area contributed by atoms with E-state index in [2.05, 4.69) is 38.0 Å². The van der Waals surface area contributed by atoms with Crippen LogP contribution in [0.5, 0.6) is 0 Å². The van der Waals surface area contributed by atoms with Crippen LogP contribution in [0, 0.1) is 5.41 Å². The summed E-state index contributed by atoms with van der Waals surface area (Å²) in [6.45, 7) is 10.9. The van der Waals surface area contributed by atoms with Gasteiger partial charge in [-0.2, -0.15) is 0 Å². The Hall–Kier alpha value is -0.0800. The highest BCUT2D eigenvalue weighted by molar-refractivity contribution is 4.83. The highest BCUT2D eigenvalue weighted by atomic mass is 15.2. The molecule has 17 heavy (non-hydrogen) atoms. The smallest absolute Gasteiger partial charge is 0.00671 e. The molecule has 0 aliphatic carbocycles. The van der Waals surface area contributed by atoms with Crippen LogP contribution in [0.15, 0.2) is 0 Å². The van der Waals surface area contributed by atoms with E-state index in [-0.39, 0.29) is 0 Å². The van der Waals surface area contributed by atoms with Crippen LogP contribution in [0.4, 0.5) is 0 Å². The molecule has 0 spiro atoms. The third-order valence-electron chi connectivity index (χ3n) is 4.23. The second kappa shape index (κ2) is 7.38. The van der Waals surface area contributed by atoms with E-state index < -0.39 is 0 Å². The molecule has 2 atom stereocenters. The molecule has 1 fully saturated rings. The molecule has 2 nitrogen and oxygen atoms in total. The SMILES string of the molecule is CCCC(C)(CNC)CN1CCCCCC1C. The van der Waals surface area contributed by atoms with Gasteiger partial charge in [-0.1, -0.05) is 33.1 Å². The van der Waals surface area contributed by atoms with Crippen molar-refractivity contribution in [2.45, 2.75) is 65.3 Å². The molecule has 2 heteroatoms. The van der Waals surface area contributed by atoms with Crippen LogP contribution >= 0.6 is 0 Å². The summed E-state index contributed by atoms with van der Waals surface area (Å²) in [6.07, 6.45) is 8.26. The Kier molecular flexibility index (Phi) is 6.50. The molecular weight excluding hydrogens is 208 g/mol. The van der Waals surface area contributed by atoms with Crippen molar-refractivity contribution in [1.29, 1.82) is 0 Å². The Morgan fingerprint density at radius 3 is 2.71 bits per heavy atom. The molecule has 0 bridgehead atoms. The third-order valence-corrected chi connectivity index (χ3v) is 4.23. The molecule has 1 rings (SSSR count). The minimum absolute atomic E-state index is 0.447. The fourth-order valence-electron chi connectivity index (χ4n) is 3.31. The average Bonchev–Trinajstić information content (AvgIpc) is 2.45. The lowest BCUT2D eigenvalue weighted by Gasteiger charge is -2.38. The average molecular weight is 240 g/mol. The first kappa shape index (κ1) is 15.0. The first-order valence-electron chi connectivity index (χ1n) is 7.50. The summed E-state index contributed by atoms with van der Waals surface area (Å²) >= 11 is 0. The number of nitrogens with zero attached hydrogens (tertiary/aromatic N) is 1. The van der Waals surface area contributed by atoms with Crippen LogP contribution < -0.4 is 5.32 Å². The molecule has 0 amide bonds. The van der Waals surface area contributed by atoms with E-state index >= 15 is 0 Å². The Balaban J connectivity index is 2.57. The van der Waals surface area contributed by atoms with Gasteiger partial charge in [0.2, 0.25) is 0 Å². The van der Waals surface area contributed by atoms with Gasteiger partial charge in [-0.3, -0.25) is 0 Å². The summed E-state index contributed by atoms with van der Waals surface area (Å²) < 4.78 is 0. The van der Waals surface area contributed by atoms with E-state index in [0.717, 1.165) is 12.6 Å². The molecule has 0 radical (unpaired) electrons. The molecule has 0 aromatic carbocycles. The highest BCUT2D eigenvalue weighted by Crippen LogP contribution is 2.27. The highest BCUT2D eigenvalue weighted by Gasteiger charge is 2.28. The normalized spacial score (nSPS) is 26.5. The van der Waals surface area contributed by atoms with E-state index in [0.29, 0.717) is 5.41 Å². The molecule has 0 saturated carbocycles. The molecule has 1 heterocycles. The van der Waals surface area contributed by atoms with E-state index in [1.165, 1.54) is 51.6 Å². The van der Waals surface area contributed by atoms with Gasteiger partial charge in [-0.15, -0.1) is 0 Å². The van der Waals surface area contributed by atoms with Crippen LogP contribution in [-0.2, 0) is 0 Å². The maximum atomic E-state index is 3.39. The minimum Gasteiger partial charge on any atom is -0.319 e. The van der Waals surface area contributed by atoms with Gasteiger partial charge in [0.1, 0.15) is 0 Å². The second-order valence-electron chi connectivity index (χ2n) is 6.26. The monoisotopic (exact) mass is 240 g/mol. The number of likely N-dealkylation sites (tertiary alicyclic amines) is 1. The summed E-state index contributed by atoms with van der Waals surface area (Å²) in [7, 11) is 2.08. The summed E-state index contributed by atoms with van der Waals surface area (Å²) in [5.41, 5.74) is 0.447. The zero-order valence-corrected chi connectivity index (χ0v) is 12.4. The quantitative estimate of drug-likeness (QED) is 0.766.